The SMILES string of the molecule is CC1(C)C(=O)N(CCNC(C2CC2)C2CC2)S1(=O)=O. The van der Waals surface area contributed by atoms with E-state index in [1.54, 1.807) is 0 Å². The van der Waals surface area contributed by atoms with Crippen LogP contribution in [0.25, 0.3) is 0 Å². The standard InChI is InChI=1S/C13H22N2O3S/c1-13(2)12(16)15(19(13,17)18)8-7-14-11(9-3-4-9)10-5-6-10/h9-11,14H,3-8H2,1-2H3. The van der Waals surface area contributed by atoms with Gasteiger partial charge in [-0.1, -0.05) is 0 Å². The van der Waals surface area contributed by atoms with E-state index in [1.165, 1.54) is 39.5 Å². The van der Waals surface area contributed by atoms with Gasteiger partial charge in [0.15, 0.2) is 4.75 Å². The van der Waals surface area contributed by atoms with E-state index in [-0.39, 0.29) is 12.5 Å². The molecule has 3 rings (SSSR count). The first-order valence-corrected chi connectivity index (χ1v) is 8.60. The van der Waals surface area contributed by atoms with Crippen LogP contribution in [0.3, 0.4) is 0 Å². The minimum Gasteiger partial charge on any atom is -0.312 e. The average Bonchev–Trinajstić information content (AvgIpc) is 3.20. The highest BCUT2D eigenvalue weighted by atomic mass is 32.2. The number of carbonyl (C=O) groups is 1. The van der Waals surface area contributed by atoms with Crippen LogP contribution in [0.15, 0.2) is 0 Å². The third-order valence-corrected chi connectivity index (χ3v) is 7.02. The number of hydrogen-bond donors (Lipinski definition) is 1. The van der Waals surface area contributed by atoms with Gasteiger partial charge in [-0.05, 0) is 51.4 Å². The molecular weight excluding hydrogens is 264 g/mol. The van der Waals surface area contributed by atoms with Crippen LogP contribution in [0.4, 0.5) is 0 Å². The van der Waals surface area contributed by atoms with Gasteiger partial charge < -0.3 is 5.32 Å². The summed E-state index contributed by atoms with van der Waals surface area (Å²) in [5, 5.41) is 3.47. The Balaban J connectivity index is 1.51. The second kappa shape index (κ2) is 4.19. The van der Waals surface area contributed by atoms with E-state index in [4.69, 9.17) is 0 Å². The Labute approximate surface area is 114 Å². The molecule has 0 atom stereocenters. The van der Waals surface area contributed by atoms with E-state index >= 15 is 0 Å². The molecule has 1 amide bonds. The highest BCUT2D eigenvalue weighted by Gasteiger charge is 2.59. The first-order chi connectivity index (χ1) is 8.85. The lowest BCUT2D eigenvalue weighted by Crippen LogP contribution is -2.68. The molecule has 1 aliphatic heterocycles. The number of sulfonamides is 1. The summed E-state index contributed by atoms with van der Waals surface area (Å²) in [4.78, 5) is 11.8. The maximum atomic E-state index is 11.9. The minimum absolute atomic E-state index is 0.274. The largest absolute Gasteiger partial charge is 0.312 e. The van der Waals surface area contributed by atoms with Crippen molar-refractivity contribution >= 4 is 15.9 Å². The molecule has 1 N–H and O–H groups in total. The average molecular weight is 286 g/mol. The summed E-state index contributed by atoms with van der Waals surface area (Å²) < 4.78 is 23.7. The molecule has 5 nitrogen and oxygen atoms in total. The third kappa shape index (κ3) is 2.09. The minimum atomic E-state index is -3.41. The molecule has 6 heteroatoms. The van der Waals surface area contributed by atoms with Gasteiger partial charge in [0.1, 0.15) is 0 Å². The predicted octanol–water partition coefficient (Wildman–Crippen LogP) is 0.715. The zero-order valence-corrected chi connectivity index (χ0v) is 12.4. The maximum absolute atomic E-state index is 11.9. The van der Waals surface area contributed by atoms with E-state index in [0.29, 0.717) is 12.6 Å². The van der Waals surface area contributed by atoms with Crippen molar-refractivity contribution in [1.82, 2.24) is 9.62 Å². The molecule has 3 fully saturated rings. The summed E-state index contributed by atoms with van der Waals surface area (Å²) in [5.41, 5.74) is 0. The molecule has 2 saturated carbocycles. The predicted molar refractivity (Wildman–Crippen MR) is 72.0 cm³/mol. The van der Waals surface area contributed by atoms with E-state index < -0.39 is 14.8 Å². The molecule has 0 aromatic rings. The van der Waals surface area contributed by atoms with Gasteiger partial charge in [-0.25, -0.2) is 12.7 Å². The number of rotatable bonds is 6. The fourth-order valence-electron chi connectivity index (χ4n) is 2.94. The van der Waals surface area contributed by atoms with Gasteiger partial charge in [-0.3, -0.25) is 4.79 Å². The third-order valence-electron chi connectivity index (χ3n) is 4.63. The highest BCUT2D eigenvalue weighted by molar-refractivity contribution is 7.94. The van der Waals surface area contributed by atoms with Crippen molar-refractivity contribution in [3.05, 3.63) is 0 Å². The van der Waals surface area contributed by atoms with Gasteiger partial charge in [0.05, 0.1) is 0 Å². The Hall–Kier alpha value is -0.620. The van der Waals surface area contributed by atoms with E-state index in [0.717, 1.165) is 16.1 Å². The molecule has 0 radical (unpaired) electrons. The van der Waals surface area contributed by atoms with Crippen LogP contribution in [0.1, 0.15) is 39.5 Å². The van der Waals surface area contributed by atoms with Crippen LogP contribution >= 0.6 is 0 Å². The van der Waals surface area contributed by atoms with E-state index in [2.05, 4.69) is 5.32 Å². The molecule has 1 saturated heterocycles. The molecule has 2 aliphatic carbocycles. The topological polar surface area (TPSA) is 66.5 Å². The summed E-state index contributed by atoms with van der Waals surface area (Å²) in [6.45, 7) is 3.82. The lowest BCUT2D eigenvalue weighted by molar-refractivity contribution is -0.132. The van der Waals surface area contributed by atoms with Crippen LogP contribution in [-0.2, 0) is 14.8 Å². The number of carbonyl (C=O) groups excluding carboxylic acids is 1. The molecule has 0 spiro atoms. The van der Waals surface area contributed by atoms with Crippen molar-refractivity contribution in [2.24, 2.45) is 11.8 Å². The lowest BCUT2D eigenvalue weighted by Gasteiger charge is -2.43. The van der Waals surface area contributed by atoms with Crippen LogP contribution in [0.5, 0.6) is 0 Å². The number of amides is 1. The normalized spacial score (nSPS) is 28.6. The molecule has 108 valence electrons. The monoisotopic (exact) mass is 286 g/mol. The number of nitrogens with zero attached hydrogens (tertiary/aromatic N) is 1. The zero-order valence-electron chi connectivity index (χ0n) is 11.6. The second-order valence-corrected chi connectivity index (χ2v) is 8.96. The Morgan fingerprint density at radius 3 is 2.21 bits per heavy atom. The summed E-state index contributed by atoms with van der Waals surface area (Å²) in [5.74, 6) is 1.30. The van der Waals surface area contributed by atoms with Crippen LogP contribution in [0.2, 0.25) is 0 Å². The van der Waals surface area contributed by atoms with Crippen LogP contribution in [0, 0.1) is 11.8 Å². The van der Waals surface area contributed by atoms with Crippen molar-refractivity contribution < 1.29 is 13.2 Å². The van der Waals surface area contributed by atoms with Gasteiger partial charge in [0.2, 0.25) is 0 Å². The first kappa shape index (κ1) is 13.4. The van der Waals surface area contributed by atoms with Crippen LogP contribution in [-0.4, -0.2) is 42.5 Å². The van der Waals surface area contributed by atoms with E-state index in [1.807, 2.05) is 0 Å². The fraction of sp³-hybridized carbons (Fsp3) is 0.923. The summed E-state index contributed by atoms with van der Waals surface area (Å²) in [6.07, 6.45) is 5.18. The Morgan fingerprint density at radius 1 is 1.26 bits per heavy atom. The smallest absolute Gasteiger partial charge is 0.258 e. The fourth-order valence-corrected chi connectivity index (χ4v) is 4.47. The Morgan fingerprint density at radius 2 is 1.79 bits per heavy atom. The molecule has 0 aromatic carbocycles. The van der Waals surface area contributed by atoms with Crippen molar-refractivity contribution in [3.63, 3.8) is 0 Å². The molecule has 0 unspecified atom stereocenters. The number of nitrogens with one attached hydrogen (secondary N) is 1. The lowest BCUT2D eigenvalue weighted by atomic mass is 10.1. The maximum Gasteiger partial charge on any atom is 0.258 e. The molecule has 19 heavy (non-hydrogen) atoms. The summed E-state index contributed by atoms with van der Waals surface area (Å²) >= 11 is 0. The highest BCUT2D eigenvalue weighted by Crippen LogP contribution is 2.44. The van der Waals surface area contributed by atoms with Gasteiger partial charge in [-0.2, -0.15) is 0 Å². The molecule has 3 aliphatic rings. The van der Waals surface area contributed by atoms with Crippen molar-refractivity contribution in [3.8, 4) is 0 Å². The van der Waals surface area contributed by atoms with Gasteiger partial charge in [0, 0.05) is 19.1 Å². The second-order valence-electron chi connectivity index (χ2n) is 6.55. The Kier molecular flexibility index (Phi) is 2.94. The zero-order chi connectivity index (χ0) is 13.8. The van der Waals surface area contributed by atoms with Gasteiger partial charge in [0.25, 0.3) is 15.9 Å². The summed E-state index contributed by atoms with van der Waals surface area (Å²) in [6, 6.07) is 0.548. The first-order valence-electron chi connectivity index (χ1n) is 7.16. The van der Waals surface area contributed by atoms with Crippen molar-refractivity contribution in [1.29, 1.82) is 0 Å². The van der Waals surface area contributed by atoms with Crippen molar-refractivity contribution in [2.75, 3.05) is 13.1 Å². The number of hydrogen-bond acceptors (Lipinski definition) is 4. The van der Waals surface area contributed by atoms with Gasteiger partial charge in [-0.15, -0.1) is 0 Å². The molecular formula is C13H22N2O3S. The Bertz CT molecular complexity index is 480. The summed E-state index contributed by atoms with van der Waals surface area (Å²) in [7, 11) is -3.41. The van der Waals surface area contributed by atoms with Crippen LogP contribution < -0.4 is 5.32 Å². The van der Waals surface area contributed by atoms with E-state index in [9.17, 15) is 13.2 Å². The van der Waals surface area contributed by atoms with Gasteiger partial charge >= 0.3 is 0 Å². The molecule has 0 aromatic heterocycles. The molecule has 1 heterocycles. The molecule has 0 bridgehead atoms. The quantitative estimate of drug-likeness (QED) is 0.781. The van der Waals surface area contributed by atoms with Crippen molar-refractivity contribution in [2.45, 2.75) is 50.3 Å².